The number of benzene rings is 1. The van der Waals surface area contributed by atoms with Crippen LogP contribution in [0, 0.1) is 6.92 Å². The first kappa shape index (κ1) is 10.7. The molecule has 1 aliphatic heterocycles. The van der Waals surface area contributed by atoms with Crippen LogP contribution in [0.1, 0.15) is 5.01 Å². The van der Waals surface area contributed by atoms with E-state index in [2.05, 4.69) is 45.3 Å². The van der Waals surface area contributed by atoms with Gasteiger partial charge >= 0.3 is 0 Å². The third-order valence-electron chi connectivity index (χ3n) is 2.93. The predicted octanol–water partition coefficient (Wildman–Crippen LogP) is 2.50. The molecule has 1 aromatic heterocycles. The van der Waals surface area contributed by atoms with Crippen molar-refractivity contribution >= 4 is 17.0 Å². The summed E-state index contributed by atoms with van der Waals surface area (Å²) in [6, 6.07) is 9.05. The van der Waals surface area contributed by atoms with Crippen molar-refractivity contribution in [1.29, 1.82) is 0 Å². The quantitative estimate of drug-likeness (QED) is 0.872. The predicted molar refractivity (Wildman–Crippen MR) is 72.6 cm³/mol. The van der Waals surface area contributed by atoms with Crippen molar-refractivity contribution < 1.29 is 0 Å². The fourth-order valence-electron chi connectivity index (χ4n) is 1.89. The minimum atomic E-state index is 0.572. The highest BCUT2D eigenvalue weighted by atomic mass is 32.1. The van der Waals surface area contributed by atoms with Crippen LogP contribution in [0.3, 0.4) is 0 Å². The first-order valence-corrected chi connectivity index (χ1v) is 6.69. The van der Waals surface area contributed by atoms with Gasteiger partial charge in [0, 0.05) is 29.7 Å². The maximum absolute atomic E-state index is 4.51. The van der Waals surface area contributed by atoms with Gasteiger partial charge in [-0.05, 0) is 19.1 Å². The molecule has 0 unspecified atom stereocenters. The number of aromatic nitrogens is 1. The summed E-state index contributed by atoms with van der Waals surface area (Å²) >= 11 is 1.69. The van der Waals surface area contributed by atoms with Gasteiger partial charge in [-0.2, -0.15) is 0 Å². The molecule has 1 aromatic carbocycles. The molecule has 1 saturated heterocycles. The molecule has 3 nitrogen and oxygen atoms in total. The van der Waals surface area contributed by atoms with Crippen LogP contribution in [0.4, 0.5) is 5.69 Å². The Hall–Kier alpha value is -1.39. The van der Waals surface area contributed by atoms with Crippen LogP contribution in [0.25, 0.3) is 11.3 Å². The fraction of sp³-hybridized carbons (Fsp3) is 0.308. The average Bonchev–Trinajstić information content (AvgIpc) is 2.71. The SMILES string of the molecule is Cc1nc(-c2cccc(NC3CNC3)c2)cs1. The average molecular weight is 245 g/mol. The van der Waals surface area contributed by atoms with Gasteiger partial charge in [0.05, 0.1) is 16.7 Å². The molecule has 2 N–H and O–H groups in total. The second-order valence-electron chi connectivity index (χ2n) is 4.33. The number of hydrogen-bond donors (Lipinski definition) is 2. The van der Waals surface area contributed by atoms with Gasteiger partial charge in [0.2, 0.25) is 0 Å². The van der Waals surface area contributed by atoms with Gasteiger partial charge in [-0.3, -0.25) is 0 Å². The van der Waals surface area contributed by atoms with Gasteiger partial charge in [-0.25, -0.2) is 4.98 Å². The molecule has 17 heavy (non-hydrogen) atoms. The van der Waals surface area contributed by atoms with Crippen molar-refractivity contribution in [3.05, 3.63) is 34.7 Å². The molecule has 2 heterocycles. The van der Waals surface area contributed by atoms with E-state index in [0.29, 0.717) is 6.04 Å². The number of rotatable bonds is 3. The first-order valence-electron chi connectivity index (χ1n) is 5.81. The number of hydrogen-bond acceptors (Lipinski definition) is 4. The molecule has 0 spiro atoms. The lowest BCUT2D eigenvalue weighted by molar-refractivity contribution is 0.472. The van der Waals surface area contributed by atoms with Crippen molar-refractivity contribution in [2.45, 2.75) is 13.0 Å². The minimum absolute atomic E-state index is 0.572. The van der Waals surface area contributed by atoms with E-state index in [1.165, 1.54) is 11.3 Å². The van der Waals surface area contributed by atoms with Crippen molar-refractivity contribution in [3.63, 3.8) is 0 Å². The normalized spacial score (nSPS) is 15.6. The van der Waals surface area contributed by atoms with Crippen LogP contribution in [-0.2, 0) is 0 Å². The molecule has 3 rings (SSSR count). The van der Waals surface area contributed by atoms with Crippen molar-refractivity contribution in [1.82, 2.24) is 10.3 Å². The summed E-state index contributed by atoms with van der Waals surface area (Å²) in [6.45, 7) is 4.15. The summed E-state index contributed by atoms with van der Waals surface area (Å²) in [5.74, 6) is 0. The van der Waals surface area contributed by atoms with Crippen molar-refractivity contribution in [2.24, 2.45) is 0 Å². The Labute approximate surface area is 105 Å². The maximum Gasteiger partial charge on any atom is 0.0901 e. The Bertz CT molecular complexity index is 517. The van der Waals surface area contributed by atoms with Gasteiger partial charge < -0.3 is 10.6 Å². The number of thiazole rings is 1. The summed E-state index contributed by atoms with van der Waals surface area (Å²) < 4.78 is 0. The molecule has 0 aliphatic carbocycles. The van der Waals surface area contributed by atoms with Gasteiger partial charge in [-0.15, -0.1) is 11.3 Å². The van der Waals surface area contributed by atoms with Crippen LogP contribution >= 0.6 is 11.3 Å². The van der Waals surface area contributed by atoms with E-state index in [0.717, 1.165) is 23.8 Å². The van der Waals surface area contributed by atoms with Crippen LogP contribution < -0.4 is 10.6 Å². The molecule has 0 saturated carbocycles. The Kier molecular flexibility index (Phi) is 2.82. The standard InChI is InChI=1S/C13H15N3S/c1-9-15-13(8-17-9)10-3-2-4-11(5-10)16-12-6-14-7-12/h2-5,8,12,14,16H,6-7H2,1H3. The lowest BCUT2D eigenvalue weighted by atomic mass is 10.1. The van der Waals surface area contributed by atoms with Gasteiger partial charge in [0.25, 0.3) is 0 Å². The molecular weight excluding hydrogens is 230 g/mol. The second kappa shape index (κ2) is 4.47. The Morgan fingerprint density at radius 2 is 2.29 bits per heavy atom. The highest BCUT2D eigenvalue weighted by molar-refractivity contribution is 7.09. The van der Waals surface area contributed by atoms with Gasteiger partial charge in [0.1, 0.15) is 0 Å². The maximum atomic E-state index is 4.51. The van der Waals surface area contributed by atoms with Gasteiger partial charge in [0.15, 0.2) is 0 Å². The summed E-state index contributed by atoms with van der Waals surface area (Å²) in [7, 11) is 0. The van der Waals surface area contributed by atoms with Gasteiger partial charge in [-0.1, -0.05) is 12.1 Å². The third kappa shape index (κ3) is 2.33. The summed E-state index contributed by atoms with van der Waals surface area (Å²) in [5.41, 5.74) is 3.44. The molecule has 0 bridgehead atoms. The lowest BCUT2D eigenvalue weighted by Crippen LogP contribution is -2.51. The number of anilines is 1. The second-order valence-corrected chi connectivity index (χ2v) is 5.39. The van der Waals surface area contributed by atoms with Crippen molar-refractivity contribution in [3.8, 4) is 11.3 Å². The smallest absolute Gasteiger partial charge is 0.0901 e. The van der Waals surface area contributed by atoms with Crippen molar-refractivity contribution in [2.75, 3.05) is 18.4 Å². The lowest BCUT2D eigenvalue weighted by Gasteiger charge is -2.29. The molecule has 4 heteroatoms. The molecule has 0 radical (unpaired) electrons. The summed E-state index contributed by atoms with van der Waals surface area (Å²) in [4.78, 5) is 4.51. The first-order chi connectivity index (χ1) is 8.31. The molecule has 2 aromatic rings. The largest absolute Gasteiger partial charge is 0.380 e. The summed E-state index contributed by atoms with van der Waals surface area (Å²) in [5, 5.41) is 9.99. The van der Waals surface area contributed by atoms with E-state index >= 15 is 0 Å². The number of nitrogens with one attached hydrogen (secondary N) is 2. The molecule has 0 atom stereocenters. The molecular formula is C13H15N3S. The van der Waals surface area contributed by atoms with E-state index < -0.39 is 0 Å². The van der Waals surface area contributed by atoms with E-state index in [9.17, 15) is 0 Å². The summed E-state index contributed by atoms with van der Waals surface area (Å²) in [6.07, 6.45) is 0. The van der Waals surface area contributed by atoms with E-state index in [-0.39, 0.29) is 0 Å². The molecule has 88 valence electrons. The van der Waals surface area contributed by atoms with Crippen LogP contribution in [0.15, 0.2) is 29.6 Å². The zero-order valence-electron chi connectivity index (χ0n) is 9.73. The van der Waals surface area contributed by atoms with Crippen LogP contribution in [0.5, 0.6) is 0 Å². The van der Waals surface area contributed by atoms with E-state index in [4.69, 9.17) is 0 Å². The monoisotopic (exact) mass is 245 g/mol. The molecule has 1 fully saturated rings. The van der Waals surface area contributed by atoms with Crippen LogP contribution in [0.2, 0.25) is 0 Å². The van der Waals surface area contributed by atoms with E-state index in [1.54, 1.807) is 11.3 Å². The minimum Gasteiger partial charge on any atom is -0.380 e. The zero-order chi connectivity index (χ0) is 11.7. The topological polar surface area (TPSA) is 37.0 Å². The third-order valence-corrected chi connectivity index (χ3v) is 3.70. The highest BCUT2D eigenvalue weighted by Crippen LogP contribution is 2.24. The Morgan fingerprint density at radius 3 is 2.94 bits per heavy atom. The van der Waals surface area contributed by atoms with E-state index in [1.807, 2.05) is 6.92 Å². The zero-order valence-corrected chi connectivity index (χ0v) is 10.6. The Morgan fingerprint density at radius 1 is 1.41 bits per heavy atom. The highest BCUT2D eigenvalue weighted by Gasteiger charge is 2.15. The number of nitrogens with zero attached hydrogens (tertiary/aromatic N) is 1. The van der Waals surface area contributed by atoms with Crippen LogP contribution in [-0.4, -0.2) is 24.1 Å². The molecule has 1 aliphatic rings. The fourth-order valence-corrected chi connectivity index (χ4v) is 2.51. The molecule has 0 amide bonds. The Balaban J connectivity index is 1.82. The number of aryl methyl sites for hydroxylation is 1.